The first-order valence-electron chi connectivity index (χ1n) is 1.55. The first-order valence-corrected chi connectivity index (χ1v) is 2.40. The Labute approximate surface area is 54.2 Å². The molecule has 0 amide bonds. The highest BCUT2D eigenvalue weighted by Gasteiger charge is 1.83. The van der Waals surface area contributed by atoms with Gasteiger partial charge < -0.3 is 10.4 Å². The summed E-state index contributed by atoms with van der Waals surface area (Å²) in [6, 6.07) is 0. The van der Waals surface area contributed by atoms with Crippen LogP contribution in [0, 0.1) is 0 Å². The Kier molecular flexibility index (Phi) is 6.38. The summed E-state index contributed by atoms with van der Waals surface area (Å²) in [5.74, 6) is 0. The van der Waals surface area contributed by atoms with Crippen LogP contribution >= 0.6 is 24.8 Å². The van der Waals surface area contributed by atoms with E-state index >= 15 is 0 Å². The molecule has 44 valence electrons. The van der Waals surface area contributed by atoms with Crippen LogP contribution in [-0.2, 0) is 0 Å². The van der Waals surface area contributed by atoms with E-state index in [9.17, 15) is 0 Å². The molecule has 7 heavy (non-hydrogen) atoms. The molecular weight excluding hydrogens is 130 g/mol. The van der Waals surface area contributed by atoms with Crippen molar-refractivity contribution in [2.24, 2.45) is 0 Å². The number of thiocarbonyl (C=S) groups is 1. The molecule has 2 N–H and O–H groups in total. The Bertz CT molecular complexity index is 64.0. The van der Waals surface area contributed by atoms with Gasteiger partial charge in [-0.3, -0.25) is 0 Å². The number of hydrogen-bond donors (Lipinski definition) is 1. The minimum absolute atomic E-state index is 0. The summed E-state index contributed by atoms with van der Waals surface area (Å²) in [6.07, 6.45) is 0. The minimum Gasteiger partial charge on any atom is -0.412 e. The van der Waals surface area contributed by atoms with Gasteiger partial charge in [-0.1, -0.05) is 12.2 Å². The van der Waals surface area contributed by atoms with Gasteiger partial charge in [0.05, 0.1) is 0 Å². The van der Waals surface area contributed by atoms with Gasteiger partial charge in [-0.05, 0) is 0 Å². The maximum absolute atomic E-state index is 4.61. The average molecular weight is 139 g/mol. The molecule has 0 aliphatic heterocycles. The fourth-order valence-corrected chi connectivity index (χ4v) is 0. The Morgan fingerprint density at radius 2 is 1.71 bits per heavy atom. The summed E-state index contributed by atoms with van der Waals surface area (Å²) in [5, 5.41) is 0. The van der Waals surface area contributed by atoms with Crippen molar-refractivity contribution in [1.82, 2.24) is 4.90 Å². The topological polar surface area (TPSA) is 34.7 Å². The molecule has 0 aliphatic rings. The van der Waals surface area contributed by atoms with E-state index in [0.29, 0.717) is 4.32 Å². The van der Waals surface area contributed by atoms with E-state index in [-0.39, 0.29) is 5.48 Å². The molecule has 0 aromatic rings. The number of hydrogen-bond acceptors (Lipinski definition) is 1. The van der Waals surface area contributed by atoms with E-state index in [2.05, 4.69) is 24.8 Å². The molecule has 0 aromatic carbocycles. The molecule has 0 bridgehead atoms. The Morgan fingerprint density at radius 3 is 1.71 bits per heavy atom. The Morgan fingerprint density at radius 1 is 1.57 bits per heavy atom. The Balaban J connectivity index is 0. The predicted octanol–water partition coefficient (Wildman–Crippen LogP) is -0.0620. The molecule has 0 aromatic heterocycles. The molecular formula is C3H9NOS2. The van der Waals surface area contributed by atoms with Crippen LogP contribution < -0.4 is 0 Å². The first kappa shape index (κ1) is 10.2. The zero-order valence-corrected chi connectivity index (χ0v) is 6.01. The molecule has 0 saturated heterocycles. The molecule has 0 rings (SSSR count). The van der Waals surface area contributed by atoms with Crippen LogP contribution in [0.4, 0.5) is 0 Å². The molecule has 0 saturated carbocycles. The summed E-state index contributed by atoms with van der Waals surface area (Å²) < 4.78 is 0.620. The largest absolute Gasteiger partial charge is 0.412 e. The quantitative estimate of drug-likeness (QED) is 0.377. The number of rotatable bonds is 0. The standard InChI is InChI=1S/C3H7NS2.H2O/c1-4(2)3(5)6;/h1-2H3,(H,5,6);1H2. The van der Waals surface area contributed by atoms with Crippen molar-refractivity contribution < 1.29 is 5.48 Å². The van der Waals surface area contributed by atoms with E-state index in [1.54, 1.807) is 4.90 Å². The lowest BCUT2D eigenvalue weighted by Gasteiger charge is -2.05. The molecule has 4 heteroatoms. The highest BCUT2D eigenvalue weighted by Crippen LogP contribution is 1.84. The van der Waals surface area contributed by atoms with Gasteiger partial charge in [-0.2, -0.15) is 0 Å². The predicted molar refractivity (Wildman–Crippen MR) is 38.9 cm³/mol. The Hall–Kier alpha value is 0.200. The lowest BCUT2D eigenvalue weighted by molar-refractivity contribution is 0.648. The molecule has 0 heterocycles. The third-order valence-corrected chi connectivity index (χ3v) is 1.15. The smallest absolute Gasteiger partial charge is 0.132 e. The molecule has 0 spiro atoms. The average Bonchev–Trinajstić information content (AvgIpc) is 1.36. The van der Waals surface area contributed by atoms with Crippen LogP contribution in [0.1, 0.15) is 0 Å². The summed E-state index contributed by atoms with van der Waals surface area (Å²) in [5.41, 5.74) is 0. The van der Waals surface area contributed by atoms with E-state index in [4.69, 9.17) is 0 Å². The van der Waals surface area contributed by atoms with Crippen molar-refractivity contribution in [2.45, 2.75) is 0 Å². The lowest BCUT2D eigenvalue weighted by Crippen LogP contribution is -2.12. The zero-order valence-electron chi connectivity index (χ0n) is 4.30. The summed E-state index contributed by atoms with van der Waals surface area (Å²) in [7, 11) is 3.71. The molecule has 0 radical (unpaired) electrons. The van der Waals surface area contributed by atoms with Crippen molar-refractivity contribution in [3.63, 3.8) is 0 Å². The van der Waals surface area contributed by atoms with Crippen molar-refractivity contribution in [1.29, 1.82) is 0 Å². The third kappa shape index (κ3) is 6.20. The SMILES string of the molecule is CN(C)C(=S)S.O. The van der Waals surface area contributed by atoms with Crippen LogP contribution in [0.15, 0.2) is 0 Å². The van der Waals surface area contributed by atoms with Crippen LogP contribution in [0.3, 0.4) is 0 Å². The molecule has 0 atom stereocenters. The van der Waals surface area contributed by atoms with E-state index < -0.39 is 0 Å². The fraction of sp³-hybridized carbons (Fsp3) is 0.667. The van der Waals surface area contributed by atoms with Crippen LogP contribution in [0.25, 0.3) is 0 Å². The second kappa shape index (κ2) is 4.36. The highest BCUT2D eigenvalue weighted by atomic mass is 32.1. The molecule has 0 aliphatic carbocycles. The van der Waals surface area contributed by atoms with E-state index in [0.717, 1.165) is 0 Å². The summed E-state index contributed by atoms with van der Waals surface area (Å²) in [4.78, 5) is 1.76. The van der Waals surface area contributed by atoms with Crippen molar-refractivity contribution >= 4 is 29.2 Å². The fourth-order valence-electron chi connectivity index (χ4n) is 0. The monoisotopic (exact) mass is 139 g/mol. The van der Waals surface area contributed by atoms with Gasteiger partial charge in [0.15, 0.2) is 0 Å². The maximum atomic E-state index is 4.61. The van der Waals surface area contributed by atoms with E-state index in [1.165, 1.54) is 0 Å². The number of nitrogens with zero attached hydrogens (tertiary/aromatic N) is 1. The van der Waals surface area contributed by atoms with Crippen LogP contribution in [0.5, 0.6) is 0 Å². The summed E-state index contributed by atoms with van der Waals surface area (Å²) >= 11 is 8.46. The lowest BCUT2D eigenvalue weighted by atomic mass is 11.0. The van der Waals surface area contributed by atoms with Gasteiger partial charge in [-0.15, -0.1) is 12.6 Å². The summed E-state index contributed by atoms with van der Waals surface area (Å²) in [6.45, 7) is 0. The van der Waals surface area contributed by atoms with Gasteiger partial charge in [0.25, 0.3) is 0 Å². The van der Waals surface area contributed by atoms with Crippen LogP contribution in [-0.4, -0.2) is 28.8 Å². The zero-order chi connectivity index (χ0) is 5.15. The van der Waals surface area contributed by atoms with Crippen molar-refractivity contribution in [2.75, 3.05) is 14.1 Å². The normalized spacial score (nSPS) is 6.71. The minimum atomic E-state index is 0. The molecule has 0 fully saturated rings. The van der Waals surface area contributed by atoms with E-state index in [1.807, 2.05) is 14.1 Å². The second-order valence-corrected chi connectivity index (χ2v) is 2.29. The van der Waals surface area contributed by atoms with Gasteiger partial charge in [-0.25, -0.2) is 0 Å². The van der Waals surface area contributed by atoms with Gasteiger partial charge in [0, 0.05) is 14.1 Å². The van der Waals surface area contributed by atoms with Gasteiger partial charge in [0.1, 0.15) is 4.32 Å². The molecule has 2 nitrogen and oxygen atoms in total. The highest BCUT2D eigenvalue weighted by molar-refractivity contribution is 8.10. The van der Waals surface area contributed by atoms with Gasteiger partial charge >= 0.3 is 0 Å². The molecule has 0 unspecified atom stereocenters. The third-order valence-electron chi connectivity index (χ3n) is 0.383. The van der Waals surface area contributed by atoms with Crippen LogP contribution in [0.2, 0.25) is 0 Å². The van der Waals surface area contributed by atoms with Crippen molar-refractivity contribution in [3.8, 4) is 0 Å². The first-order chi connectivity index (χ1) is 2.64. The number of thiol groups is 1. The second-order valence-electron chi connectivity index (χ2n) is 1.18. The maximum Gasteiger partial charge on any atom is 0.132 e. The van der Waals surface area contributed by atoms with Gasteiger partial charge in [0.2, 0.25) is 0 Å². The van der Waals surface area contributed by atoms with Crippen molar-refractivity contribution in [3.05, 3.63) is 0 Å².